The van der Waals surface area contributed by atoms with Gasteiger partial charge in [-0.05, 0) is 46.5 Å². The van der Waals surface area contributed by atoms with Crippen molar-refractivity contribution in [2.75, 3.05) is 19.8 Å². The second kappa shape index (κ2) is 7.75. The van der Waals surface area contributed by atoms with Crippen molar-refractivity contribution in [3.8, 4) is 0 Å². The highest BCUT2D eigenvalue weighted by molar-refractivity contribution is 5.98. The molecule has 3 fully saturated rings. The Morgan fingerprint density at radius 2 is 2.15 bits per heavy atom. The van der Waals surface area contributed by atoms with Crippen LogP contribution in [0.15, 0.2) is 0 Å². The van der Waals surface area contributed by atoms with E-state index in [1.54, 1.807) is 11.8 Å². The quantitative estimate of drug-likeness (QED) is 0.460. The molecule has 0 unspecified atom stereocenters. The van der Waals surface area contributed by atoms with Gasteiger partial charge >= 0.3 is 5.97 Å². The summed E-state index contributed by atoms with van der Waals surface area (Å²) in [5.74, 6) is -2.19. The van der Waals surface area contributed by atoms with Gasteiger partial charge in [0.1, 0.15) is 11.6 Å². The van der Waals surface area contributed by atoms with Gasteiger partial charge in [0, 0.05) is 19.2 Å². The average molecular weight is 382 g/mol. The number of aliphatic hydroxyl groups excluding tert-OH is 1. The number of nitrogens with zero attached hydrogens (tertiary/aromatic N) is 1. The Kier molecular flexibility index (Phi) is 5.76. The lowest BCUT2D eigenvalue weighted by molar-refractivity contribution is -0.154. The summed E-state index contributed by atoms with van der Waals surface area (Å²) in [6.07, 6.45) is 1.99. The molecule has 0 aromatic rings. The fourth-order valence-electron chi connectivity index (χ4n) is 4.96. The Bertz CT molecular complexity index is 609. The number of rotatable bonds is 8. The largest absolute Gasteiger partial charge is 0.466 e. The highest BCUT2D eigenvalue weighted by Crippen LogP contribution is 2.58. The number of aliphatic hydroxyl groups is 1. The number of unbranched alkanes of at least 4 members (excludes halogenated alkanes) is 1. The van der Waals surface area contributed by atoms with E-state index in [4.69, 9.17) is 14.6 Å². The molecule has 0 aromatic heterocycles. The first-order valence-corrected chi connectivity index (χ1v) is 9.93. The van der Waals surface area contributed by atoms with Crippen molar-refractivity contribution in [1.82, 2.24) is 10.2 Å². The van der Waals surface area contributed by atoms with Crippen LogP contribution in [0.3, 0.4) is 0 Å². The van der Waals surface area contributed by atoms with Gasteiger partial charge in [-0.3, -0.25) is 14.4 Å². The van der Waals surface area contributed by atoms with Gasteiger partial charge in [-0.15, -0.1) is 0 Å². The zero-order valence-corrected chi connectivity index (χ0v) is 16.3. The summed E-state index contributed by atoms with van der Waals surface area (Å²) < 4.78 is 11.4. The van der Waals surface area contributed by atoms with E-state index in [0.717, 1.165) is 0 Å². The predicted molar refractivity (Wildman–Crippen MR) is 95.6 cm³/mol. The summed E-state index contributed by atoms with van der Waals surface area (Å²) in [4.78, 5) is 40.4. The number of amides is 2. The third kappa shape index (κ3) is 3.23. The van der Waals surface area contributed by atoms with Crippen LogP contribution in [0.1, 0.15) is 46.5 Å². The molecule has 2 bridgehead atoms. The number of fused-ring (bicyclic) bond motifs is 1. The van der Waals surface area contributed by atoms with Gasteiger partial charge < -0.3 is 24.8 Å². The van der Waals surface area contributed by atoms with Crippen LogP contribution in [0.2, 0.25) is 0 Å². The lowest BCUT2D eigenvalue weighted by atomic mass is 9.70. The van der Waals surface area contributed by atoms with Gasteiger partial charge in [-0.25, -0.2) is 0 Å². The minimum Gasteiger partial charge on any atom is -0.466 e. The van der Waals surface area contributed by atoms with Crippen LogP contribution in [0.25, 0.3) is 0 Å². The standard InChI is InChI=1S/C19H30N2O6/c1-4-26-18(25)13-12-7-8-19(27-12)14(13)17(24)21(9-5-6-10-22)15(19)16(23)20-11(2)3/h11-15,22H,4-10H2,1-3H3,(H,20,23)/t12-,13+,14+,15-,19+/m0/s1. The molecule has 8 nitrogen and oxygen atoms in total. The van der Waals surface area contributed by atoms with E-state index in [1.165, 1.54) is 0 Å². The first-order valence-electron chi connectivity index (χ1n) is 9.93. The first-order chi connectivity index (χ1) is 12.9. The van der Waals surface area contributed by atoms with E-state index in [2.05, 4.69) is 5.32 Å². The zero-order chi connectivity index (χ0) is 19.8. The molecule has 3 aliphatic rings. The highest BCUT2D eigenvalue weighted by atomic mass is 16.6. The molecule has 8 heteroatoms. The number of carbonyl (C=O) groups is 3. The fraction of sp³-hybridized carbons (Fsp3) is 0.842. The Labute approximate surface area is 159 Å². The van der Waals surface area contributed by atoms with Crippen molar-refractivity contribution in [3.05, 3.63) is 0 Å². The molecule has 152 valence electrons. The minimum absolute atomic E-state index is 0.0312. The normalized spacial score (nSPS) is 34.3. The summed E-state index contributed by atoms with van der Waals surface area (Å²) in [7, 11) is 0. The van der Waals surface area contributed by atoms with Crippen molar-refractivity contribution in [3.63, 3.8) is 0 Å². The summed E-state index contributed by atoms with van der Waals surface area (Å²) in [5, 5.41) is 12.0. The van der Waals surface area contributed by atoms with E-state index in [9.17, 15) is 14.4 Å². The van der Waals surface area contributed by atoms with Gasteiger partial charge in [-0.2, -0.15) is 0 Å². The molecule has 0 aliphatic carbocycles. The Balaban J connectivity index is 1.93. The van der Waals surface area contributed by atoms with Gasteiger partial charge in [0.2, 0.25) is 11.8 Å². The molecule has 27 heavy (non-hydrogen) atoms. The first kappa shape index (κ1) is 20.1. The maximum Gasteiger partial charge on any atom is 0.312 e. The number of nitrogens with one attached hydrogen (secondary N) is 1. The molecule has 0 radical (unpaired) electrons. The molecule has 2 N–H and O–H groups in total. The van der Waals surface area contributed by atoms with E-state index < -0.39 is 29.4 Å². The maximum atomic E-state index is 13.3. The number of carbonyl (C=O) groups excluding carboxylic acids is 3. The van der Waals surface area contributed by atoms with E-state index in [-0.39, 0.29) is 37.2 Å². The van der Waals surface area contributed by atoms with Crippen LogP contribution in [-0.4, -0.2) is 71.3 Å². The van der Waals surface area contributed by atoms with Crippen LogP contribution in [0.4, 0.5) is 0 Å². The van der Waals surface area contributed by atoms with Crippen LogP contribution in [0, 0.1) is 11.8 Å². The number of ether oxygens (including phenoxy) is 2. The van der Waals surface area contributed by atoms with Crippen LogP contribution < -0.4 is 5.32 Å². The van der Waals surface area contributed by atoms with Crippen molar-refractivity contribution in [2.24, 2.45) is 11.8 Å². The third-order valence-electron chi connectivity index (χ3n) is 5.85. The predicted octanol–water partition coefficient (Wildman–Crippen LogP) is 0.221. The number of likely N-dealkylation sites (tertiary alicyclic amines) is 1. The number of esters is 1. The molecule has 3 rings (SSSR count). The van der Waals surface area contributed by atoms with Crippen molar-refractivity contribution in [2.45, 2.75) is 70.2 Å². The third-order valence-corrected chi connectivity index (χ3v) is 5.85. The lowest BCUT2D eigenvalue weighted by Crippen LogP contribution is -2.56. The average Bonchev–Trinajstić information content (AvgIpc) is 3.22. The molecule has 3 saturated heterocycles. The monoisotopic (exact) mass is 382 g/mol. The Morgan fingerprint density at radius 3 is 2.78 bits per heavy atom. The zero-order valence-electron chi connectivity index (χ0n) is 16.3. The molecule has 2 amide bonds. The van der Waals surface area contributed by atoms with Crippen molar-refractivity contribution < 1.29 is 29.0 Å². The highest BCUT2D eigenvalue weighted by Gasteiger charge is 2.74. The summed E-state index contributed by atoms with van der Waals surface area (Å²) >= 11 is 0. The van der Waals surface area contributed by atoms with E-state index in [0.29, 0.717) is 32.2 Å². The fourth-order valence-corrected chi connectivity index (χ4v) is 4.96. The summed E-state index contributed by atoms with van der Waals surface area (Å²) in [5.41, 5.74) is -0.961. The molecule has 3 heterocycles. The number of hydrogen-bond acceptors (Lipinski definition) is 6. The molecule has 5 atom stereocenters. The van der Waals surface area contributed by atoms with Gasteiger partial charge in [0.15, 0.2) is 0 Å². The SMILES string of the molecule is CCOC(=O)[C@@H]1[C@@H]2CC[C@]3(O2)[C@H](C(=O)NC(C)C)N(CCCCO)C(=O)[C@@H]13. The van der Waals surface area contributed by atoms with Gasteiger partial charge in [0.25, 0.3) is 0 Å². The second-order valence-electron chi connectivity index (χ2n) is 7.93. The van der Waals surface area contributed by atoms with Crippen LogP contribution in [0.5, 0.6) is 0 Å². The molecular weight excluding hydrogens is 352 g/mol. The van der Waals surface area contributed by atoms with E-state index >= 15 is 0 Å². The Morgan fingerprint density at radius 1 is 1.41 bits per heavy atom. The van der Waals surface area contributed by atoms with Crippen LogP contribution >= 0.6 is 0 Å². The van der Waals surface area contributed by atoms with E-state index in [1.807, 2.05) is 13.8 Å². The molecule has 0 saturated carbocycles. The molecule has 0 aromatic carbocycles. The Hall–Kier alpha value is -1.67. The number of hydrogen-bond donors (Lipinski definition) is 2. The molecule has 3 aliphatic heterocycles. The van der Waals surface area contributed by atoms with Crippen molar-refractivity contribution in [1.29, 1.82) is 0 Å². The van der Waals surface area contributed by atoms with Crippen molar-refractivity contribution >= 4 is 17.8 Å². The van der Waals surface area contributed by atoms with Gasteiger partial charge in [0.05, 0.1) is 24.5 Å². The molecule has 1 spiro atoms. The maximum absolute atomic E-state index is 13.3. The van der Waals surface area contributed by atoms with Gasteiger partial charge in [-0.1, -0.05) is 0 Å². The summed E-state index contributed by atoms with van der Waals surface area (Å²) in [6.45, 7) is 6.11. The van der Waals surface area contributed by atoms with Crippen LogP contribution in [-0.2, 0) is 23.9 Å². The lowest BCUT2D eigenvalue weighted by Gasteiger charge is -2.33. The topological polar surface area (TPSA) is 105 Å². The smallest absolute Gasteiger partial charge is 0.312 e. The minimum atomic E-state index is -0.961. The molecular formula is C19H30N2O6. The summed E-state index contributed by atoms with van der Waals surface area (Å²) in [6, 6.07) is -0.817. The second-order valence-corrected chi connectivity index (χ2v) is 7.93.